The van der Waals surface area contributed by atoms with Gasteiger partial charge >= 0.3 is 0 Å². The van der Waals surface area contributed by atoms with Gasteiger partial charge in [-0.15, -0.1) is 0 Å². The topological polar surface area (TPSA) is 69.6 Å². The highest BCUT2D eigenvalue weighted by Gasteiger charge is 2.21. The van der Waals surface area contributed by atoms with E-state index in [1.165, 1.54) is 17.8 Å². The molecule has 0 radical (unpaired) electrons. The number of nitrogens with one attached hydrogen (secondary N) is 1. The van der Waals surface area contributed by atoms with Crippen LogP contribution in [0.4, 0.5) is 5.69 Å². The van der Waals surface area contributed by atoms with Gasteiger partial charge in [0.1, 0.15) is 0 Å². The SMILES string of the molecule is CSC(CO)C(C)NC(=O)/C=C/c1ccc(N2CCCC2=O)cc1. The number of nitrogens with zero attached hydrogens (tertiary/aromatic N) is 1. The van der Waals surface area contributed by atoms with E-state index in [0.717, 1.165) is 24.2 Å². The van der Waals surface area contributed by atoms with Crippen molar-refractivity contribution in [2.24, 2.45) is 0 Å². The zero-order valence-corrected chi connectivity index (χ0v) is 14.9. The molecule has 1 saturated heterocycles. The van der Waals surface area contributed by atoms with Crippen molar-refractivity contribution < 1.29 is 14.7 Å². The molecule has 1 heterocycles. The van der Waals surface area contributed by atoms with Crippen LogP contribution in [0, 0.1) is 0 Å². The van der Waals surface area contributed by atoms with E-state index in [1.54, 1.807) is 11.0 Å². The number of benzene rings is 1. The standard InChI is InChI=1S/C18H24N2O3S/c1-13(16(12-21)24-2)19-17(22)10-7-14-5-8-15(9-6-14)20-11-3-4-18(20)23/h5-10,13,16,21H,3-4,11-12H2,1-2H3,(H,19,22)/b10-7+. The number of anilines is 1. The summed E-state index contributed by atoms with van der Waals surface area (Å²) in [6, 6.07) is 7.49. The number of thioether (sulfide) groups is 1. The largest absolute Gasteiger partial charge is 0.395 e. The van der Waals surface area contributed by atoms with Crippen LogP contribution in [0.1, 0.15) is 25.3 Å². The number of aliphatic hydroxyl groups excluding tert-OH is 1. The molecule has 1 aliphatic rings. The first kappa shape index (κ1) is 18.5. The summed E-state index contributed by atoms with van der Waals surface area (Å²) in [7, 11) is 0. The molecule has 2 rings (SSSR count). The van der Waals surface area contributed by atoms with Crippen molar-refractivity contribution in [1.29, 1.82) is 0 Å². The first-order chi connectivity index (χ1) is 11.5. The van der Waals surface area contributed by atoms with Crippen LogP contribution < -0.4 is 10.2 Å². The van der Waals surface area contributed by atoms with E-state index in [9.17, 15) is 14.7 Å². The second-order valence-electron chi connectivity index (χ2n) is 5.83. The second-order valence-corrected chi connectivity index (χ2v) is 6.90. The first-order valence-electron chi connectivity index (χ1n) is 8.08. The Balaban J connectivity index is 1.91. The Morgan fingerprint density at radius 2 is 2.12 bits per heavy atom. The van der Waals surface area contributed by atoms with E-state index in [2.05, 4.69) is 5.32 Å². The van der Waals surface area contributed by atoms with Gasteiger partial charge in [-0.3, -0.25) is 9.59 Å². The zero-order chi connectivity index (χ0) is 17.5. The summed E-state index contributed by atoms with van der Waals surface area (Å²) in [5, 5.41) is 12.1. The van der Waals surface area contributed by atoms with Crippen LogP contribution in [-0.2, 0) is 9.59 Å². The van der Waals surface area contributed by atoms with Gasteiger partial charge in [0.25, 0.3) is 0 Å². The van der Waals surface area contributed by atoms with Crippen molar-refractivity contribution in [3.63, 3.8) is 0 Å². The Morgan fingerprint density at radius 3 is 2.67 bits per heavy atom. The average molecular weight is 348 g/mol. The molecule has 6 heteroatoms. The summed E-state index contributed by atoms with van der Waals surface area (Å²) in [4.78, 5) is 25.5. The van der Waals surface area contributed by atoms with Gasteiger partial charge in [-0.25, -0.2) is 0 Å². The van der Waals surface area contributed by atoms with Gasteiger partial charge in [0, 0.05) is 36.0 Å². The lowest BCUT2D eigenvalue weighted by Crippen LogP contribution is -2.40. The van der Waals surface area contributed by atoms with E-state index in [1.807, 2.05) is 37.4 Å². The molecule has 130 valence electrons. The fourth-order valence-corrected chi connectivity index (χ4v) is 3.29. The summed E-state index contributed by atoms with van der Waals surface area (Å²) in [5.41, 5.74) is 1.80. The minimum Gasteiger partial charge on any atom is -0.395 e. The normalized spacial score (nSPS) is 17.3. The highest BCUT2D eigenvalue weighted by molar-refractivity contribution is 7.99. The molecule has 2 atom stereocenters. The number of hydrogen-bond acceptors (Lipinski definition) is 4. The Bertz CT molecular complexity index is 597. The van der Waals surface area contributed by atoms with Gasteiger partial charge < -0.3 is 15.3 Å². The van der Waals surface area contributed by atoms with E-state index in [-0.39, 0.29) is 29.7 Å². The summed E-state index contributed by atoms with van der Waals surface area (Å²) in [5.74, 6) is -0.0207. The van der Waals surface area contributed by atoms with Gasteiger partial charge in [-0.05, 0) is 43.4 Å². The molecule has 0 spiro atoms. The maximum absolute atomic E-state index is 11.9. The van der Waals surface area contributed by atoms with Crippen LogP contribution in [0.3, 0.4) is 0 Å². The molecule has 1 fully saturated rings. The minimum absolute atomic E-state index is 0.0142. The molecule has 0 aliphatic carbocycles. The summed E-state index contributed by atoms with van der Waals surface area (Å²) < 4.78 is 0. The molecule has 1 aromatic carbocycles. The quantitative estimate of drug-likeness (QED) is 0.740. The first-order valence-corrected chi connectivity index (χ1v) is 9.36. The summed E-state index contributed by atoms with van der Waals surface area (Å²) in [6.07, 6.45) is 6.66. The third-order valence-corrected chi connectivity index (χ3v) is 5.28. The van der Waals surface area contributed by atoms with Crippen molar-refractivity contribution in [2.45, 2.75) is 31.1 Å². The lowest BCUT2D eigenvalue weighted by atomic mass is 10.1. The molecule has 0 bridgehead atoms. The highest BCUT2D eigenvalue weighted by atomic mass is 32.2. The molecule has 0 aromatic heterocycles. The predicted octanol–water partition coefficient (Wildman–Crippen LogP) is 2.06. The van der Waals surface area contributed by atoms with Crippen molar-refractivity contribution in [3.05, 3.63) is 35.9 Å². The monoisotopic (exact) mass is 348 g/mol. The average Bonchev–Trinajstić information content (AvgIpc) is 3.00. The van der Waals surface area contributed by atoms with Crippen LogP contribution in [0.25, 0.3) is 6.08 Å². The van der Waals surface area contributed by atoms with E-state index in [0.29, 0.717) is 6.42 Å². The number of aliphatic hydroxyl groups is 1. The van der Waals surface area contributed by atoms with Crippen LogP contribution in [0.15, 0.2) is 30.3 Å². The van der Waals surface area contributed by atoms with Crippen LogP contribution in [0.5, 0.6) is 0 Å². The third kappa shape index (κ3) is 4.85. The number of amides is 2. The molecule has 0 saturated carbocycles. The van der Waals surface area contributed by atoms with Gasteiger partial charge in [0.05, 0.1) is 6.61 Å². The zero-order valence-electron chi connectivity index (χ0n) is 14.1. The van der Waals surface area contributed by atoms with Crippen molar-refractivity contribution in [2.75, 3.05) is 24.3 Å². The molecule has 1 aromatic rings. The fraction of sp³-hybridized carbons (Fsp3) is 0.444. The maximum atomic E-state index is 11.9. The molecule has 2 N–H and O–H groups in total. The number of rotatable bonds is 7. The predicted molar refractivity (Wildman–Crippen MR) is 99.1 cm³/mol. The van der Waals surface area contributed by atoms with Gasteiger partial charge in [0.15, 0.2) is 0 Å². The molecule has 2 amide bonds. The molecule has 24 heavy (non-hydrogen) atoms. The van der Waals surface area contributed by atoms with E-state index in [4.69, 9.17) is 0 Å². The Hall–Kier alpha value is -1.79. The Labute approximate surface area is 147 Å². The number of hydrogen-bond donors (Lipinski definition) is 2. The number of carbonyl (C=O) groups is 2. The smallest absolute Gasteiger partial charge is 0.244 e. The second kappa shape index (κ2) is 8.89. The van der Waals surface area contributed by atoms with Gasteiger partial charge in [0.2, 0.25) is 11.8 Å². The number of carbonyl (C=O) groups excluding carboxylic acids is 2. The van der Waals surface area contributed by atoms with Crippen molar-refractivity contribution >= 4 is 35.3 Å². The maximum Gasteiger partial charge on any atom is 0.244 e. The summed E-state index contributed by atoms with van der Waals surface area (Å²) >= 11 is 1.53. The van der Waals surface area contributed by atoms with Crippen molar-refractivity contribution in [1.82, 2.24) is 5.32 Å². The van der Waals surface area contributed by atoms with E-state index < -0.39 is 0 Å². The fourth-order valence-electron chi connectivity index (χ4n) is 2.66. The molecule has 2 unspecified atom stereocenters. The Kier molecular flexibility index (Phi) is 6.87. The van der Waals surface area contributed by atoms with Crippen LogP contribution in [-0.4, -0.2) is 47.6 Å². The van der Waals surface area contributed by atoms with Crippen LogP contribution in [0.2, 0.25) is 0 Å². The minimum atomic E-state index is -0.186. The molecule has 5 nitrogen and oxygen atoms in total. The van der Waals surface area contributed by atoms with E-state index >= 15 is 0 Å². The summed E-state index contributed by atoms with van der Waals surface area (Å²) in [6.45, 7) is 2.68. The van der Waals surface area contributed by atoms with Crippen LogP contribution >= 0.6 is 11.8 Å². The van der Waals surface area contributed by atoms with Gasteiger partial charge in [-0.1, -0.05) is 12.1 Å². The van der Waals surface area contributed by atoms with Gasteiger partial charge in [-0.2, -0.15) is 11.8 Å². The third-order valence-electron chi connectivity index (χ3n) is 4.12. The Morgan fingerprint density at radius 1 is 1.42 bits per heavy atom. The molecule has 1 aliphatic heterocycles. The highest BCUT2D eigenvalue weighted by Crippen LogP contribution is 2.21. The lowest BCUT2D eigenvalue weighted by Gasteiger charge is -2.20. The lowest BCUT2D eigenvalue weighted by molar-refractivity contribution is -0.117. The van der Waals surface area contributed by atoms with Crippen molar-refractivity contribution in [3.8, 4) is 0 Å². The molecular weight excluding hydrogens is 324 g/mol. The molecular formula is C18H24N2O3S.